The van der Waals surface area contributed by atoms with Gasteiger partial charge in [0.15, 0.2) is 0 Å². The highest BCUT2D eigenvalue weighted by atomic mass is 16.5. The predicted molar refractivity (Wildman–Crippen MR) is 115 cm³/mol. The van der Waals surface area contributed by atoms with E-state index in [2.05, 4.69) is 34.6 Å². The van der Waals surface area contributed by atoms with Gasteiger partial charge in [0.05, 0.1) is 37.4 Å². The van der Waals surface area contributed by atoms with E-state index >= 15 is 0 Å². The van der Waals surface area contributed by atoms with Crippen molar-refractivity contribution in [3.63, 3.8) is 0 Å². The van der Waals surface area contributed by atoms with Crippen LogP contribution in [0.1, 0.15) is 88.5 Å². The maximum Gasteiger partial charge on any atom is 0.0782 e. The Bertz CT molecular complexity index is 411. The Kier molecular flexibility index (Phi) is 10.6. The van der Waals surface area contributed by atoms with E-state index in [-0.39, 0.29) is 11.7 Å². The molecule has 160 valence electrons. The van der Waals surface area contributed by atoms with Gasteiger partial charge in [-0.2, -0.15) is 0 Å². The van der Waals surface area contributed by atoms with E-state index in [1.165, 1.54) is 0 Å². The summed E-state index contributed by atoms with van der Waals surface area (Å²) >= 11 is 0. The summed E-state index contributed by atoms with van der Waals surface area (Å²) in [7, 11) is 6.54. The van der Waals surface area contributed by atoms with E-state index in [1.807, 2.05) is 20.8 Å². The van der Waals surface area contributed by atoms with Crippen molar-refractivity contribution in [1.82, 2.24) is 0 Å². The standard InChI is InChI=1S/C22H45BO4/c1-17(2)25-15-13-22(10,23)21(8,9)27-14-11-18(3)20(6,7)26-16-12-19(4,5)24/h17-18,24H,11-16H2,1-10H3. The Morgan fingerprint density at radius 2 is 1.37 bits per heavy atom. The topological polar surface area (TPSA) is 47.9 Å². The Hall–Kier alpha value is -0.0951. The number of hydrogen-bond donors (Lipinski definition) is 1. The molecule has 4 nitrogen and oxygen atoms in total. The van der Waals surface area contributed by atoms with Crippen LogP contribution in [0, 0.1) is 5.92 Å². The van der Waals surface area contributed by atoms with Gasteiger partial charge in [-0.25, -0.2) is 0 Å². The molecule has 0 saturated carbocycles. The quantitative estimate of drug-likeness (QED) is 0.432. The molecule has 27 heavy (non-hydrogen) atoms. The normalized spacial score (nSPS) is 17.2. The van der Waals surface area contributed by atoms with Crippen LogP contribution in [0.3, 0.4) is 0 Å². The van der Waals surface area contributed by atoms with Gasteiger partial charge in [-0.05, 0) is 85.9 Å². The molecule has 0 rings (SSSR count). The smallest absolute Gasteiger partial charge is 0.0782 e. The van der Waals surface area contributed by atoms with Gasteiger partial charge >= 0.3 is 0 Å². The van der Waals surface area contributed by atoms with Gasteiger partial charge in [-0.3, -0.25) is 0 Å². The van der Waals surface area contributed by atoms with Crippen molar-refractivity contribution in [3.8, 4) is 0 Å². The van der Waals surface area contributed by atoms with Crippen molar-refractivity contribution >= 4 is 7.85 Å². The molecule has 1 N–H and O–H groups in total. The van der Waals surface area contributed by atoms with Gasteiger partial charge in [-0.1, -0.05) is 13.8 Å². The summed E-state index contributed by atoms with van der Waals surface area (Å²) in [4.78, 5) is 0. The molecule has 0 aliphatic rings. The minimum Gasteiger partial charge on any atom is -0.390 e. The van der Waals surface area contributed by atoms with Gasteiger partial charge in [0.2, 0.25) is 0 Å². The van der Waals surface area contributed by atoms with Crippen molar-refractivity contribution in [2.75, 3.05) is 19.8 Å². The Labute approximate surface area is 170 Å². The molecule has 2 unspecified atom stereocenters. The van der Waals surface area contributed by atoms with Crippen LogP contribution in [0.15, 0.2) is 0 Å². The van der Waals surface area contributed by atoms with E-state index < -0.39 is 16.5 Å². The highest BCUT2D eigenvalue weighted by Crippen LogP contribution is 2.41. The molecule has 0 spiro atoms. The largest absolute Gasteiger partial charge is 0.390 e. The van der Waals surface area contributed by atoms with Crippen molar-refractivity contribution < 1.29 is 19.3 Å². The lowest BCUT2D eigenvalue weighted by molar-refractivity contribution is -0.0958. The van der Waals surface area contributed by atoms with E-state index in [4.69, 9.17) is 22.1 Å². The molecule has 0 aliphatic heterocycles. The molecule has 0 aromatic rings. The van der Waals surface area contributed by atoms with Crippen LogP contribution in [-0.4, -0.2) is 55.7 Å². The maximum atomic E-state index is 9.83. The van der Waals surface area contributed by atoms with Gasteiger partial charge in [0.25, 0.3) is 0 Å². The molecular formula is C22H45BO4. The number of ether oxygens (including phenoxy) is 3. The van der Waals surface area contributed by atoms with E-state index in [9.17, 15) is 5.11 Å². The monoisotopic (exact) mass is 384 g/mol. The fourth-order valence-corrected chi connectivity index (χ4v) is 2.52. The van der Waals surface area contributed by atoms with E-state index in [0.717, 1.165) is 12.8 Å². The second kappa shape index (κ2) is 10.6. The predicted octanol–water partition coefficient (Wildman–Crippen LogP) is 4.93. The highest BCUT2D eigenvalue weighted by molar-refractivity contribution is 6.15. The first kappa shape index (κ1) is 26.9. The average molecular weight is 384 g/mol. The summed E-state index contributed by atoms with van der Waals surface area (Å²) in [6.07, 6.45) is 2.47. The van der Waals surface area contributed by atoms with Crippen molar-refractivity contribution in [3.05, 3.63) is 0 Å². The van der Waals surface area contributed by atoms with Crippen molar-refractivity contribution in [2.45, 2.75) is 117 Å². The molecule has 0 amide bonds. The third kappa shape index (κ3) is 10.9. The van der Waals surface area contributed by atoms with Gasteiger partial charge < -0.3 is 19.3 Å². The zero-order chi connectivity index (χ0) is 21.5. The van der Waals surface area contributed by atoms with Crippen molar-refractivity contribution in [2.24, 2.45) is 5.92 Å². The SMILES string of the molecule is [B]C(C)(CCOC(C)C)C(C)(C)OCCC(C)C(C)(C)OCCC(C)(C)O. The lowest BCUT2D eigenvalue weighted by Crippen LogP contribution is -2.41. The highest BCUT2D eigenvalue weighted by Gasteiger charge is 2.37. The molecule has 0 aromatic heterocycles. The van der Waals surface area contributed by atoms with Crippen LogP contribution in [0.25, 0.3) is 0 Å². The lowest BCUT2D eigenvalue weighted by Gasteiger charge is -2.43. The molecule has 2 radical (unpaired) electrons. The van der Waals surface area contributed by atoms with Gasteiger partial charge in [0.1, 0.15) is 0 Å². The van der Waals surface area contributed by atoms with Gasteiger partial charge in [-0.15, -0.1) is 0 Å². The first-order chi connectivity index (χ1) is 12.0. The zero-order valence-electron chi connectivity index (χ0n) is 19.6. The van der Waals surface area contributed by atoms with Crippen LogP contribution in [0.4, 0.5) is 0 Å². The number of hydrogen-bond acceptors (Lipinski definition) is 4. The number of rotatable bonds is 14. The van der Waals surface area contributed by atoms with Gasteiger partial charge in [0, 0.05) is 13.2 Å². The van der Waals surface area contributed by atoms with Crippen LogP contribution in [0.2, 0.25) is 5.31 Å². The fraction of sp³-hybridized carbons (Fsp3) is 1.00. The Morgan fingerprint density at radius 3 is 1.85 bits per heavy atom. The maximum absolute atomic E-state index is 9.83. The minimum atomic E-state index is -0.697. The Balaban J connectivity index is 4.44. The van der Waals surface area contributed by atoms with Crippen LogP contribution in [0.5, 0.6) is 0 Å². The summed E-state index contributed by atoms with van der Waals surface area (Å²) in [6, 6.07) is 0. The van der Waals surface area contributed by atoms with E-state index in [0.29, 0.717) is 32.2 Å². The fourth-order valence-electron chi connectivity index (χ4n) is 2.52. The molecule has 0 aromatic carbocycles. The molecular weight excluding hydrogens is 339 g/mol. The first-order valence-electron chi connectivity index (χ1n) is 10.4. The summed E-state index contributed by atoms with van der Waals surface area (Å²) in [5, 5.41) is 9.36. The van der Waals surface area contributed by atoms with Crippen LogP contribution < -0.4 is 0 Å². The molecule has 2 atom stereocenters. The molecule has 0 bridgehead atoms. The molecule has 5 heteroatoms. The third-order valence-corrected chi connectivity index (χ3v) is 5.84. The minimum absolute atomic E-state index is 0.212. The lowest BCUT2D eigenvalue weighted by atomic mass is 9.58. The molecule has 0 aliphatic carbocycles. The second-order valence-corrected chi connectivity index (χ2v) is 10.1. The summed E-state index contributed by atoms with van der Waals surface area (Å²) in [5.41, 5.74) is -1.41. The Morgan fingerprint density at radius 1 is 0.815 bits per heavy atom. The molecule has 0 heterocycles. The molecule has 0 fully saturated rings. The van der Waals surface area contributed by atoms with Crippen LogP contribution >= 0.6 is 0 Å². The summed E-state index contributed by atoms with van der Waals surface area (Å²) in [5.74, 6) is 0.323. The van der Waals surface area contributed by atoms with Crippen LogP contribution in [-0.2, 0) is 14.2 Å². The average Bonchev–Trinajstić information content (AvgIpc) is 2.44. The summed E-state index contributed by atoms with van der Waals surface area (Å²) < 4.78 is 17.9. The third-order valence-electron chi connectivity index (χ3n) is 5.84. The first-order valence-corrected chi connectivity index (χ1v) is 10.4. The van der Waals surface area contributed by atoms with Crippen molar-refractivity contribution in [1.29, 1.82) is 0 Å². The zero-order valence-corrected chi connectivity index (χ0v) is 19.6. The molecule has 0 saturated heterocycles. The van der Waals surface area contributed by atoms with E-state index in [1.54, 1.807) is 13.8 Å². The summed E-state index contributed by atoms with van der Waals surface area (Å²) in [6.45, 7) is 22.0. The second-order valence-electron chi connectivity index (χ2n) is 10.1. The number of aliphatic hydroxyl groups is 1.